The summed E-state index contributed by atoms with van der Waals surface area (Å²) in [5.41, 5.74) is 4.14. The first-order valence-electron chi connectivity index (χ1n) is 7.74. The van der Waals surface area contributed by atoms with Crippen LogP contribution in [0.1, 0.15) is 36.7 Å². The molecule has 0 fully saturated rings. The monoisotopic (exact) mass is 304 g/mol. The lowest BCUT2D eigenvalue weighted by atomic mass is 9.86. The summed E-state index contributed by atoms with van der Waals surface area (Å²) < 4.78 is 5.97. The second-order valence-electron chi connectivity index (χ2n) is 6.73. The van der Waals surface area contributed by atoms with Crippen LogP contribution in [0, 0.1) is 0 Å². The minimum atomic E-state index is 0.146. The summed E-state index contributed by atoms with van der Waals surface area (Å²) in [6, 6.07) is 19.8. The molecule has 3 aromatic rings. The maximum absolute atomic E-state index is 10.7. The van der Waals surface area contributed by atoms with Crippen LogP contribution in [0.25, 0.3) is 22.6 Å². The number of hydrogen-bond donors (Lipinski definition) is 0. The molecule has 0 aliphatic carbocycles. The smallest absolute Gasteiger partial charge is 0.150 e. The van der Waals surface area contributed by atoms with Crippen molar-refractivity contribution < 1.29 is 9.21 Å². The number of aldehydes is 1. The third kappa shape index (κ3) is 3.26. The topological polar surface area (TPSA) is 30.2 Å². The number of carbonyl (C=O) groups is 1. The molecular weight excluding hydrogens is 284 g/mol. The van der Waals surface area contributed by atoms with Gasteiger partial charge in [-0.1, -0.05) is 69.3 Å². The van der Waals surface area contributed by atoms with Crippen LogP contribution in [0.4, 0.5) is 0 Å². The molecule has 23 heavy (non-hydrogen) atoms. The Morgan fingerprint density at radius 2 is 1.22 bits per heavy atom. The SMILES string of the molecule is CC(C)(C)c1ccc(-c2ccc(-c3ccc(C=O)cc3)o2)cc1. The minimum absolute atomic E-state index is 0.146. The second-order valence-corrected chi connectivity index (χ2v) is 6.73. The highest BCUT2D eigenvalue weighted by Crippen LogP contribution is 2.30. The Labute approximate surface area is 136 Å². The van der Waals surface area contributed by atoms with Crippen molar-refractivity contribution in [1.29, 1.82) is 0 Å². The molecule has 0 aliphatic heterocycles. The molecule has 0 radical (unpaired) electrons. The minimum Gasteiger partial charge on any atom is -0.456 e. The standard InChI is InChI=1S/C21H20O2/c1-21(2,3)18-10-8-17(9-11-18)20-13-12-19(23-20)16-6-4-15(14-22)5-7-16/h4-14H,1-3H3. The van der Waals surface area contributed by atoms with Gasteiger partial charge in [-0.3, -0.25) is 4.79 Å². The fraction of sp³-hybridized carbons (Fsp3) is 0.190. The third-order valence-corrected chi connectivity index (χ3v) is 3.97. The van der Waals surface area contributed by atoms with Gasteiger partial charge in [0.1, 0.15) is 17.8 Å². The van der Waals surface area contributed by atoms with Crippen LogP contribution in [-0.2, 0) is 5.41 Å². The zero-order chi connectivity index (χ0) is 16.4. The Bertz CT molecular complexity index is 800. The van der Waals surface area contributed by atoms with Gasteiger partial charge < -0.3 is 4.42 Å². The molecule has 0 N–H and O–H groups in total. The maximum Gasteiger partial charge on any atom is 0.150 e. The van der Waals surface area contributed by atoms with Gasteiger partial charge >= 0.3 is 0 Å². The van der Waals surface area contributed by atoms with Gasteiger partial charge in [0.25, 0.3) is 0 Å². The van der Waals surface area contributed by atoms with Crippen LogP contribution in [0.15, 0.2) is 65.1 Å². The van der Waals surface area contributed by atoms with Gasteiger partial charge in [-0.15, -0.1) is 0 Å². The van der Waals surface area contributed by atoms with Crippen LogP contribution in [-0.4, -0.2) is 6.29 Å². The Kier molecular flexibility index (Phi) is 3.91. The van der Waals surface area contributed by atoms with Crippen LogP contribution < -0.4 is 0 Å². The molecule has 0 aliphatic rings. The predicted molar refractivity (Wildman–Crippen MR) is 93.7 cm³/mol. The highest BCUT2D eigenvalue weighted by atomic mass is 16.3. The Balaban J connectivity index is 1.87. The quantitative estimate of drug-likeness (QED) is 0.579. The molecule has 0 bridgehead atoms. The number of hydrogen-bond acceptors (Lipinski definition) is 2. The molecule has 0 atom stereocenters. The van der Waals surface area contributed by atoms with Crippen molar-refractivity contribution >= 4 is 6.29 Å². The predicted octanol–water partition coefficient (Wildman–Crippen LogP) is 5.72. The lowest BCUT2D eigenvalue weighted by molar-refractivity contribution is 0.112. The van der Waals surface area contributed by atoms with E-state index in [1.54, 1.807) is 12.1 Å². The molecule has 2 heteroatoms. The maximum atomic E-state index is 10.7. The van der Waals surface area contributed by atoms with E-state index < -0.39 is 0 Å². The third-order valence-electron chi connectivity index (χ3n) is 3.97. The summed E-state index contributed by atoms with van der Waals surface area (Å²) in [4.78, 5) is 10.7. The summed E-state index contributed by atoms with van der Waals surface area (Å²) in [7, 11) is 0. The van der Waals surface area contributed by atoms with Crippen LogP contribution >= 0.6 is 0 Å². The van der Waals surface area contributed by atoms with Crippen LogP contribution in [0.5, 0.6) is 0 Å². The molecule has 0 spiro atoms. The first-order chi connectivity index (χ1) is 11.0. The van der Waals surface area contributed by atoms with Gasteiger partial charge in [0.15, 0.2) is 0 Å². The Hall–Kier alpha value is -2.61. The van der Waals surface area contributed by atoms with E-state index in [0.717, 1.165) is 28.9 Å². The number of rotatable bonds is 3. The van der Waals surface area contributed by atoms with Crippen LogP contribution in [0.3, 0.4) is 0 Å². The van der Waals surface area contributed by atoms with Crippen molar-refractivity contribution in [3.63, 3.8) is 0 Å². The average Bonchev–Trinajstić information content (AvgIpc) is 3.04. The molecule has 1 heterocycles. The summed E-state index contributed by atoms with van der Waals surface area (Å²) in [5, 5.41) is 0. The van der Waals surface area contributed by atoms with Gasteiger partial charge in [-0.2, -0.15) is 0 Å². The van der Waals surface area contributed by atoms with Crippen LogP contribution in [0.2, 0.25) is 0 Å². The van der Waals surface area contributed by atoms with Gasteiger partial charge in [0.05, 0.1) is 0 Å². The zero-order valence-corrected chi connectivity index (χ0v) is 13.7. The van der Waals surface area contributed by atoms with E-state index in [1.165, 1.54) is 5.56 Å². The Morgan fingerprint density at radius 3 is 1.65 bits per heavy atom. The van der Waals surface area contributed by atoms with Crippen molar-refractivity contribution in [3.05, 3.63) is 71.8 Å². The zero-order valence-electron chi connectivity index (χ0n) is 13.7. The van der Waals surface area contributed by atoms with Crippen molar-refractivity contribution in [1.82, 2.24) is 0 Å². The normalized spacial score (nSPS) is 11.4. The van der Waals surface area contributed by atoms with Gasteiger partial charge in [0, 0.05) is 16.7 Å². The number of benzene rings is 2. The molecular formula is C21H20O2. The van der Waals surface area contributed by atoms with E-state index in [1.807, 2.05) is 24.3 Å². The molecule has 0 unspecified atom stereocenters. The van der Waals surface area contributed by atoms with Gasteiger partial charge in [-0.05, 0) is 23.1 Å². The highest BCUT2D eigenvalue weighted by molar-refractivity contribution is 5.76. The van der Waals surface area contributed by atoms with Crippen molar-refractivity contribution in [2.24, 2.45) is 0 Å². The highest BCUT2D eigenvalue weighted by Gasteiger charge is 2.14. The molecule has 0 saturated carbocycles. The van der Waals surface area contributed by atoms with E-state index in [-0.39, 0.29) is 5.41 Å². The summed E-state index contributed by atoms with van der Waals surface area (Å²) in [5.74, 6) is 1.65. The number of furan rings is 1. The van der Waals surface area contributed by atoms with Crippen molar-refractivity contribution in [2.75, 3.05) is 0 Å². The molecule has 0 amide bonds. The van der Waals surface area contributed by atoms with E-state index in [0.29, 0.717) is 5.56 Å². The fourth-order valence-electron chi connectivity index (χ4n) is 2.51. The average molecular weight is 304 g/mol. The summed E-state index contributed by atoms with van der Waals surface area (Å²) >= 11 is 0. The molecule has 116 valence electrons. The lowest BCUT2D eigenvalue weighted by Gasteiger charge is -2.18. The van der Waals surface area contributed by atoms with Crippen molar-refractivity contribution in [2.45, 2.75) is 26.2 Å². The second kappa shape index (κ2) is 5.88. The summed E-state index contributed by atoms with van der Waals surface area (Å²) in [6.45, 7) is 6.61. The van der Waals surface area contributed by atoms with Crippen molar-refractivity contribution in [3.8, 4) is 22.6 Å². The molecule has 3 rings (SSSR count). The van der Waals surface area contributed by atoms with E-state index in [2.05, 4.69) is 45.0 Å². The molecule has 1 aromatic heterocycles. The van der Waals surface area contributed by atoms with Gasteiger partial charge in [-0.25, -0.2) is 0 Å². The van der Waals surface area contributed by atoms with E-state index >= 15 is 0 Å². The largest absolute Gasteiger partial charge is 0.456 e. The first-order valence-corrected chi connectivity index (χ1v) is 7.74. The lowest BCUT2D eigenvalue weighted by Crippen LogP contribution is -2.10. The van der Waals surface area contributed by atoms with E-state index in [9.17, 15) is 4.79 Å². The summed E-state index contributed by atoms with van der Waals surface area (Å²) in [6.07, 6.45) is 0.841. The van der Waals surface area contributed by atoms with E-state index in [4.69, 9.17) is 4.42 Å². The molecule has 2 aromatic carbocycles. The fourth-order valence-corrected chi connectivity index (χ4v) is 2.51. The Morgan fingerprint density at radius 1 is 0.739 bits per heavy atom. The first kappa shape index (κ1) is 15.3. The molecule has 2 nitrogen and oxygen atoms in total. The van der Waals surface area contributed by atoms with Gasteiger partial charge in [0.2, 0.25) is 0 Å². The number of carbonyl (C=O) groups excluding carboxylic acids is 1. The molecule has 0 saturated heterocycles.